The number of ether oxygens (including phenoxy) is 11. The van der Waals surface area contributed by atoms with Gasteiger partial charge in [0.1, 0.15) is 0 Å². The van der Waals surface area contributed by atoms with E-state index in [9.17, 15) is 0 Å². The van der Waals surface area contributed by atoms with Crippen molar-refractivity contribution in [3.8, 4) is 0 Å². The maximum atomic E-state index is 5.59. The van der Waals surface area contributed by atoms with Crippen molar-refractivity contribution >= 4 is 22.6 Å². The topological polar surface area (TPSA) is 102 Å². The van der Waals surface area contributed by atoms with Crippen LogP contribution in [0, 0.1) is 0 Å². The van der Waals surface area contributed by atoms with Crippen molar-refractivity contribution in [2.45, 2.75) is 71.1 Å². The first kappa shape index (κ1) is 46.3. The Morgan fingerprint density at radius 1 is 0.239 bits per heavy atom. The average Bonchev–Trinajstić information content (AvgIpc) is 3.07. The van der Waals surface area contributed by atoms with Crippen molar-refractivity contribution in [2.75, 3.05) is 150 Å². The highest BCUT2D eigenvalue weighted by molar-refractivity contribution is 14.1. The fraction of sp³-hybridized carbons (Fsp3) is 1.00. The summed E-state index contributed by atoms with van der Waals surface area (Å²) in [5, 5.41) is 0. The second kappa shape index (κ2) is 45.3. The molecule has 0 saturated heterocycles. The summed E-state index contributed by atoms with van der Waals surface area (Å²) in [6.07, 6.45) is 12.7. The molecule has 0 atom stereocenters. The fourth-order valence-corrected chi connectivity index (χ4v) is 4.48. The van der Waals surface area contributed by atoms with Gasteiger partial charge in [-0.3, -0.25) is 0 Å². The quantitative estimate of drug-likeness (QED) is 0.0444. The Labute approximate surface area is 294 Å². The first-order valence-corrected chi connectivity index (χ1v) is 19.4. The molecule has 12 heteroatoms. The van der Waals surface area contributed by atoms with Crippen molar-refractivity contribution in [2.24, 2.45) is 0 Å². The molecule has 0 saturated carbocycles. The molecule has 0 radical (unpaired) electrons. The molecule has 0 N–H and O–H groups in total. The van der Waals surface area contributed by atoms with Crippen molar-refractivity contribution in [1.82, 2.24) is 0 Å². The molecule has 0 spiro atoms. The molecule has 0 bridgehead atoms. The van der Waals surface area contributed by atoms with Crippen LogP contribution in [-0.4, -0.2) is 150 Å². The van der Waals surface area contributed by atoms with Crippen molar-refractivity contribution < 1.29 is 52.1 Å². The Bertz CT molecular complexity index is 479. The Morgan fingerprint density at radius 2 is 0.435 bits per heavy atom. The summed E-state index contributed by atoms with van der Waals surface area (Å²) < 4.78 is 61.9. The third-order valence-corrected chi connectivity index (χ3v) is 7.30. The first-order valence-electron chi connectivity index (χ1n) is 17.8. The smallest absolute Gasteiger partial charge is 0.0701 e. The molecule has 0 aliphatic heterocycles. The van der Waals surface area contributed by atoms with E-state index in [1.807, 2.05) is 0 Å². The molecule has 11 nitrogen and oxygen atoms in total. The minimum atomic E-state index is 0.528. The summed E-state index contributed by atoms with van der Waals surface area (Å²) in [6, 6.07) is 0. The van der Waals surface area contributed by atoms with E-state index in [0.717, 1.165) is 26.1 Å². The van der Waals surface area contributed by atoms with Crippen molar-refractivity contribution in [3.63, 3.8) is 0 Å². The van der Waals surface area contributed by atoms with E-state index < -0.39 is 0 Å². The van der Waals surface area contributed by atoms with Crippen LogP contribution in [-0.2, 0) is 52.1 Å². The van der Waals surface area contributed by atoms with Gasteiger partial charge in [0.25, 0.3) is 0 Å². The second-order valence-corrected chi connectivity index (χ2v) is 11.7. The molecule has 0 heterocycles. The molecule has 0 unspecified atom stereocenters. The Hall–Kier alpha value is 0.290. The van der Waals surface area contributed by atoms with Crippen LogP contribution >= 0.6 is 22.6 Å². The highest BCUT2D eigenvalue weighted by atomic mass is 127. The molecule has 0 amide bonds. The molecule has 46 heavy (non-hydrogen) atoms. The highest BCUT2D eigenvalue weighted by Gasteiger charge is 1.97. The van der Waals surface area contributed by atoms with Gasteiger partial charge < -0.3 is 52.1 Å². The molecular formula is C34H69IO11. The van der Waals surface area contributed by atoms with E-state index in [1.165, 1.54) is 55.8 Å². The van der Waals surface area contributed by atoms with Gasteiger partial charge in [-0.05, 0) is 23.7 Å². The standard InChI is InChI=1S/C34H69IO11/c1-2-3-4-5-7-10-13-36-15-17-38-19-21-40-23-25-42-27-29-44-31-33-46-34-32-45-30-28-43-26-24-41-22-20-39-18-16-37-14-11-8-6-9-12-35/h2-34H2,1H3. The first-order chi connectivity index (χ1) is 22.9. The zero-order valence-electron chi connectivity index (χ0n) is 29.2. The van der Waals surface area contributed by atoms with Crippen LogP contribution in [0.2, 0.25) is 0 Å². The van der Waals surface area contributed by atoms with Gasteiger partial charge in [0, 0.05) is 13.2 Å². The molecule has 0 rings (SSSR count). The minimum absolute atomic E-state index is 0.528. The number of unbranched alkanes of at least 4 members (excludes halogenated alkanes) is 8. The number of rotatable bonds is 43. The monoisotopic (exact) mass is 780 g/mol. The summed E-state index contributed by atoms with van der Waals surface area (Å²) in [4.78, 5) is 0. The number of alkyl halides is 1. The van der Waals surface area contributed by atoms with Crippen LogP contribution in [0.15, 0.2) is 0 Å². The van der Waals surface area contributed by atoms with E-state index in [0.29, 0.717) is 132 Å². The van der Waals surface area contributed by atoms with Crippen LogP contribution in [0.4, 0.5) is 0 Å². The van der Waals surface area contributed by atoms with Crippen molar-refractivity contribution in [1.29, 1.82) is 0 Å². The highest BCUT2D eigenvalue weighted by Crippen LogP contribution is 2.05. The summed E-state index contributed by atoms with van der Waals surface area (Å²) in [5.74, 6) is 0. The van der Waals surface area contributed by atoms with E-state index in [1.54, 1.807) is 0 Å². The predicted octanol–water partition coefficient (Wildman–Crippen LogP) is 5.52. The molecular weight excluding hydrogens is 711 g/mol. The van der Waals surface area contributed by atoms with E-state index in [4.69, 9.17) is 52.1 Å². The zero-order chi connectivity index (χ0) is 33.1. The summed E-state index contributed by atoms with van der Waals surface area (Å²) >= 11 is 2.42. The minimum Gasteiger partial charge on any atom is -0.379 e. The lowest BCUT2D eigenvalue weighted by molar-refractivity contribution is -0.0275. The van der Waals surface area contributed by atoms with Crippen molar-refractivity contribution in [3.05, 3.63) is 0 Å². The van der Waals surface area contributed by atoms with Gasteiger partial charge in [0.15, 0.2) is 0 Å². The van der Waals surface area contributed by atoms with Gasteiger partial charge >= 0.3 is 0 Å². The van der Waals surface area contributed by atoms with Crippen LogP contribution in [0.5, 0.6) is 0 Å². The Balaban J connectivity index is 3.03. The van der Waals surface area contributed by atoms with E-state index in [-0.39, 0.29) is 0 Å². The van der Waals surface area contributed by atoms with Gasteiger partial charge in [-0.2, -0.15) is 0 Å². The Morgan fingerprint density at radius 3 is 0.674 bits per heavy atom. The van der Waals surface area contributed by atoms with E-state index in [2.05, 4.69) is 29.5 Å². The molecule has 0 aliphatic rings. The van der Waals surface area contributed by atoms with Gasteiger partial charge in [-0.1, -0.05) is 74.5 Å². The third-order valence-electron chi connectivity index (χ3n) is 6.53. The SMILES string of the molecule is CCCCCCCCOCCOCCOCCOCCOCCOCCOCCOCCOCCOCCOCCCCCCI. The molecule has 0 aromatic carbocycles. The van der Waals surface area contributed by atoms with Gasteiger partial charge in [0.05, 0.1) is 132 Å². The fourth-order valence-electron chi connectivity index (χ4n) is 3.94. The molecule has 0 aromatic heterocycles. The molecule has 278 valence electrons. The molecule has 0 aliphatic carbocycles. The number of halogens is 1. The van der Waals surface area contributed by atoms with Gasteiger partial charge in [-0.25, -0.2) is 0 Å². The molecule has 0 aromatic rings. The van der Waals surface area contributed by atoms with Crippen LogP contribution in [0.25, 0.3) is 0 Å². The maximum absolute atomic E-state index is 5.59. The Kier molecular flexibility index (Phi) is 45.6. The number of hydrogen-bond donors (Lipinski definition) is 0. The predicted molar refractivity (Wildman–Crippen MR) is 190 cm³/mol. The summed E-state index contributed by atoms with van der Waals surface area (Å²) in [6.45, 7) is 15.1. The maximum Gasteiger partial charge on any atom is 0.0701 e. The third kappa shape index (κ3) is 44.3. The van der Waals surface area contributed by atoms with Crippen LogP contribution < -0.4 is 0 Å². The lowest BCUT2D eigenvalue weighted by Crippen LogP contribution is -2.15. The zero-order valence-corrected chi connectivity index (χ0v) is 31.4. The lowest BCUT2D eigenvalue weighted by Gasteiger charge is -2.09. The summed E-state index contributed by atoms with van der Waals surface area (Å²) in [7, 11) is 0. The largest absolute Gasteiger partial charge is 0.379 e. The van der Waals surface area contributed by atoms with E-state index >= 15 is 0 Å². The lowest BCUT2D eigenvalue weighted by atomic mass is 10.1. The summed E-state index contributed by atoms with van der Waals surface area (Å²) in [5.41, 5.74) is 0. The normalized spacial score (nSPS) is 11.6. The number of hydrogen-bond acceptors (Lipinski definition) is 11. The van der Waals surface area contributed by atoms with Gasteiger partial charge in [0.2, 0.25) is 0 Å². The average molecular weight is 781 g/mol. The second-order valence-electron chi connectivity index (χ2n) is 10.6. The molecule has 0 fully saturated rings. The van der Waals surface area contributed by atoms with Gasteiger partial charge in [-0.15, -0.1) is 0 Å². The van der Waals surface area contributed by atoms with Crippen LogP contribution in [0.3, 0.4) is 0 Å². The van der Waals surface area contributed by atoms with Crippen LogP contribution in [0.1, 0.15) is 71.1 Å².